The van der Waals surface area contributed by atoms with E-state index in [4.69, 9.17) is 4.74 Å². The third kappa shape index (κ3) is 2.21. The fourth-order valence-corrected chi connectivity index (χ4v) is 3.56. The van der Waals surface area contributed by atoms with Crippen molar-refractivity contribution in [2.45, 2.75) is 9.15 Å². The molecule has 2 nitrogen and oxygen atoms in total. The number of carbonyl (C=O) groups is 1. The molecular weight excluding hydrogens is 384 g/mol. The Morgan fingerprint density at radius 3 is 2.45 bits per heavy atom. The van der Waals surface area contributed by atoms with E-state index in [-0.39, 0.29) is 10.6 Å². The first-order valence-corrected chi connectivity index (χ1v) is 7.98. The minimum atomic E-state index is -0.789. The van der Waals surface area contributed by atoms with Crippen molar-refractivity contribution in [3.8, 4) is 5.75 Å². The Morgan fingerprint density at radius 2 is 1.70 bits per heavy atom. The van der Waals surface area contributed by atoms with Gasteiger partial charge in [0.1, 0.15) is 16.7 Å². The van der Waals surface area contributed by atoms with E-state index in [0.717, 1.165) is 5.56 Å². The molecule has 4 heteroatoms. The zero-order valence-electron chi connectivity index (χ0n) is 10.6. The Labute approximate surface area is 134 Å². The van der Waals surface area contributed by atoms with Gasteiger partial charge in [-0.1, -0.05) is 74.3 Å². The molecule has 0 aromatic heterocycles. The van der Waals surface area contributed by atoms with Crippen LogP contribution in [-0.4, -0.2) is 16.7 Å². The van der Waals surface area contributed by atoms with Crippen molar-refractivity contribution in [3.05, 3.63) is 65.7 Å². The molecule has 0 bridgehead atoms. The standard InChI is InChI=1S/C16H12Br2O2/c17-14(11-6-2-1-3-7-11)16(18)10-20-13-9-5-4-8-12(13)15(16)19/h1-9,14H,10H2/t14-,16+/m0/s1. The minimum Gasteiger partial charge on any atom is -0.491 e. The summed E-state index contributed by atoms with van der Waals surface area (Å²) in [6, 6.07) is 17.2. The lowest BCUT2D eigenvalue weighted by Gasteiger charge is -2.35. The fraction of sp³-hybridized carbons (Fsp3) is 0.188. The first-order chi connectivity index (χ1) is 9.63. The number of carbonyl (C=O) groups excluding carboxylic acids is 1. The number of fused-ring (bicyclic) bond motifs is 1. The number of hydrogen-bond acceptors (Lipinski definition) is 2. The van der Waals surface area contributed by atoms with Crippen molar-refractivity contribution in [1.29, 1.82) is 0 Å². The van der Waals surface area contributed by atoms with Gasteiger partial charge in [0.05, 0.1) is 10.4 Å². The summed E-state index contributed by atoms with van der Waals surface area (Å²) in [5, 5.41) is 0. The normalized spacial score (nSPS) is 22.8. The lowest BCUT2D eigenvalue weighted by Crippen LogP contribution is -2.45. The van der Waals surface area contributed by atoms with Crippen LogP contribution in [-0.2, 0) is 0 Å². The highest BCUT2D eigenvalue weighted by Gasteiger charge is 2.47. The lowest BCUT2D eigenvalue weighted by atomic mass is 9.89. The molecule has 0 spiro atoms. The van der Waals surface area contributed by atoms with E-state index in [0.29, 0.717) is 17.9 Å². The Bertz CT molecular complexity index is 642. The maximum Gasteiger partial charge on any atom is 0.188 e. The average molecular weight is 396 g/mol. The van der Waals surface area contributed by atoms with E-state index >= 15 is 0 Å². The number of rotatable bonds is 2. The largest absolute Gasteiger partial charge is 0.491 e. The number of Topliss-reactive ketones (excluding diaryl/α,β-unsaturated/α-hetero) is 1. The van der Waals surface area contributed by atoms with Crippen molar-refractivity contribution in [2.75, 3.05) is 6.61 Å². The number of hydrogen-bond donors (Lipinski definition) is 0. The summed E-state index contributed by atoms with van der Waals surface area (Å²) in [5.41, 5.74) is 1.66. The summed E-state index contributed by atoms with van der Waals surface area (Å²) in [6.07, 6.45) is 0. The van der Waals surface area contributed by atoms with Gasteiger partial charge in [-0.05, 0) is 17.7 Å². The van der Waals surface area contributed by atoms with Gasteiger partial charge in [-0.2, -0.15) is 0 Å². The summed E-state index contributed by atoms with van der Waals surface area (Å²) < 4.78 is 4.97. The fourth-order valence-electron chi connectivity index (χ4n) is 2.33. The molecule has 1 heterocycles. The van der Waals surface area contributed by atoms with E-state index in [1.54, 1.807) is 6.07 Å². The number of ketones is 1. The van der Waals surface area contributed by atoms with Crippen LogP contribution >= 0.6 is 31.9 Å². The summed E-state index contributed by atoms with van der Waals surface area (Å²) in [6.45, 7) is 0.299. The van der Waals surface area contributed by atoms with E-state index < -0.39 is 4.32 Å². The van der Waals surface area contributed by atoms with E-state index in [1.165, 1.54) is 0 Å². The summed E-state index contributed by atoms with van der Waals surface area (Å²) in [4.78, 5) is 12.6. The second kappa shape index (κ2) is 5.34. The third-order valence-corrected chi connectivity index (χ3v) is 6.41. The van der Waals surface area contributed by atoms with Crippen LogP contribution in [0.4, 0.5) is 0 Å². The number of ether oxygens (including phenoxy) is 1. The number of alkyl halides is 2. The van der Waals surface area contributed by atoms with Gasteiger partial charge in [-0.3, -0.25) is 4.79 Å². The highest BCUT2D eigenvalue weighted by molar-refractivity contribution is 9.12. The molecule has 0 amide bonds. The van der Waals surface area contributed by atoms with Crippen LogP contribution in [0, 0.1) is 0 Å². The van der Waals surface area contributed by atoms with Crippen LogP contribution in [0.1, 0.15) is 20.7 Å². The predicted octanol–water partition coefficient (Wildman–Crippen LogP) is 4.53. The van der Waals surface area contributed by atoms with Gasteiger partial charge < -0.3 is 4.74 Å². The molecule has 0 saturated carbocycles. The third-order valence-electron chi connectivity index (χ3n) is 3.44. The van der Waals surface area contributed by atoms with E-state index in [9.17, 15) is 4.79 Å². The predicted molar refractivity (Wildman–Crippen MR) is 86.0 cm³/mol. The maximum absolute atomic E-state index is 12.8. The first kappa shape index (κ1) is 13.8. The smallest absolute Gasteiger partial charge is 0.188 e. The van der Waals surface area contributed by atoms with E-state index in [2.05, 4.69) is 31.9 Å². The van der Waals surface area contributed by atoms with Crippen LogP contribution in [0.15, 0.2) is 54.6 Å². The van der Waals surface area contributed by atoms with Gasteiger partial charge in [0.15, 0.2) is 5.78 Å². The van der Waals surface area contributed by atoms with Crippen LogP contribution in [0.3, 0.4) is 0 Å². The van der Waals surface area contributed by atoms with Crippen molar-refractivity contribution in [3.63, 3.8) is 0 Å². The Morgan fingerprint density at radius 1 is 1.05 bits per heavy atom. The highest BCUT2D eigenvalue weighted by atomic mass is 79.9. The Kier molecular flexibility index (Phi) is 3.69. The van der Waals surface area contributed by atoms with Crippen molar-refractivity contribution in [1.82, 2.24) is 0 Å². The minimum absolute atomic E-state index is 0.0464. The molecule has 1 aliphatic rings. The first-order valence-electron chi connectivity index (χ1n) is 6.27. The highest BCUT2D eigenvalue weighted by Crippen LogP contribution is 2.46. The van der Waals surface area contributed by atoms with Crippen molar-refractivity contribution in [2.24, 2.45) is 0 Å². The van der Waals surface area contributed by atoms with Crippen LogP contribution in [0.2, 0.25) is 0 Å². The van der Waals surface area contributed by atoms with Gasteiger partial charge in [0.25, 0.3) is 0 Å². The van der Waals surface area contributed by atoms with Crippen LogP contribution in [0.25, 0.3) is 0 Å². The van der Waals surface area contributed by atoms with Crippen LogP contribution in [0.5, 0.6) is 5.75 Å². The topological polar surface area (TPSA) is 26.3 Å². The lowest BCUT2D eigenvalue weighted by molar-refractivity contribution is 0.0873. The molecule has 0 saturated heterocycles. The van der Waals surface area contributed by atoms with Gasteiger partial charge in [-0.25, -0.2) is 0 Å². The summed E-state index contributed by atoms with van der Waals surface area (Å²) in [7, 11) is 0. The Hall–Kier alpha value is -1.13. The molecule has 3 rings (SSSR count). The second-order valence-electron chi connectivity index (χ2n) is 4.75. The van der Waals surface area contributed by atoms with Crippen molar-refractivity contribution >= 4 is 37.6 Å². The maximum atomic E-state index is 12.8. The number of para-hydroxylation sites is 1. The molecule has 0 aliphatic carbocycles. The summed E-state index contributed by atoms with van der Waals surface area (Å²) in [5.74, 6) is 0.699. The second-order valence-corrected chi connectivity index (χ2v) is 7.08. The van der Waals surface area contributed by atoms with Crippen LogP contribution < -0.4 is 4.74 Å². The zero-order chi connectivity index (χ0) is 14.2. The van der Waals surface area contributed by atoms with Gasteiger partial charge in [-0.15, -0.1) is 0 Å². The molecule has 0 radical (unpaired) electrons. The molecule has 2 atom stereocenters. The average Bonchev–Trinajstić information content (AvgIpc) is 2.51. The number of benzene rings is 2. The van der Waals surface area contributed by atoms with Crippen molar-refractivity contribution < 1.29 is 9.53 Å². The quantitative estimate of drug-likeness (QED) is 0.698. The van der Waals surface area contributed by atoms with Gasteiger partial charge >= 0.3 is 0 Å². The molecule has 2 aromatic carbocycles. The van der Waals surface area contributed by atoms with Gasteiger partial charge in [0, 0.05) is 0 Å². The molecular formula is C16H12Br2O2. The molecule has 0 N–H and O–H groups in total. The molecule has 20 heavy (non-hydrogen) atoms. The molecule has 0 unspecified atom stereocenters. The monoisotopic (exact) mass is 394 g/mol. The van der Waals surface area contributed by atoms with E-state index in [1.807, 2.05) is 48.5 Å². The summed E-state index contributed by atoms with van der Waals surface area (Å²) >= 11 is 7.26. The number of halogens is 2. The molecule has 0 fully saturated rings. The SMILES string of the molecule is O=C1c2ccccc2OC[C@@]1(Br)[C@@H](Br)c1ccccc1. The zero-order valence-corrected chi connectivity index (χ0v) is 13.7. The van der Waals surface area contributed by atoms with Gasteiger partial charge in [0.2, 0.25) is 0 Å². The molecule has 102 valence electrons. The molecule has 2 aromatic rings. The Balaban J connectivity index is 2.00. The molecule has 1 aliphatic heterocycles.